The lowest BCUT2D eigenvalue weighted by Gasteiger charge is -2.19. The van der Waals surface area contributed by atoms with Crippen molar-refractivity contribution < 1.29 is 17.9 Å². The molecule has 0 bridgehead atoms. The number of hydrogen-bond acceptors (Lipinski definition) is 3. The van der Waals surface area contributed by atoms with Gasteiger partial charge in [-0.3, -0.25) is 9.89 Å². The molecule has 0 radical (unpaired) electrons. The first-order chi connectivity index (χ1) is 12.4. The fraction of sp³-hybridized carbons (Fsp3) is 0.611. The van der Waals surface area contributed by atoms with Crippen LogP contribution in [0.15, 0.2) is 29.3 Å². The predicted molar refractivity (Wildman–Crippen MR) is 96.1 cm³/mol. The van der Waals surface area contributed by atoms with Crippen molar-refractivity contribution in [2.45, 2.75) is 32.1 Å². The molecule has 0 aromatic heterocycles. The lowest BCUT2D eigenvalue weighted by molar-refractivity contribution is -0.137. The zero-order valence-corrected chi connectivity index (χ0v) is 15.3. The number of benzene rings is 1. The highest BCUT2D eigenvalue weighted by Crippen LogP contribution is 2.29. The zero-order valence-electron chi connectivity index (χ0n) is 15.3. The highest BCUT2D eigenvalue weighted by Gasteiger charge is 2.30. The molecule has 1 aliphatic heterocycles. The third kappa shape index (κ3) is 6.49. The first kappa shape index (κ1) is 20.5. The van der Waals surface area contributed by atoms with Crippen molar-refractivity contribution in [3.63, 3.8) is 0 Å². The Hall–Kier alpha value is -1.80. The van der Waals surface area contributed by atoms with E-state index in [0.29, 0.717) is 26.3 Å². The van der Waals surface area contributed by atoms with E-state index in [0.717, 1.165) is 43.2 Å². The van der Waals surface area contributed by atoms with Gasteiger partial charge in [0, 0.05) is 45.9 Å². The molecule has 1 atom stereocenters. The van der Waals surface area contributed by atoms with Gasteiger partial charge in [0.15, 0.2) is 5.96 Å². The van der Waals surface area contributed by atoms with Crippen LogP contribution in [-0.4, -0.2) is 56.8 Å². The number of hydrogen-bond donors (Lipinski definition) is 2. The second-order valence-corrected chi connectivity index (χ2v) is 6.26. The minimum Gasteiger partial charge on any atom is -0.380 e. The van der Waals surface area contributed by atoms with Gasteiger partial charge in [-0.25, -0.2) is 0 Å². The summed E-state index contributed by atoms with van der Waals surface area (Å²) in [6, 6.07) is 5.66. The molecular weight excluding hydrogens is 345 g/mol. The Morgan fingerprint density at radius 3 is 2.65 bits per heavy atom. The van der Waals surface area contributed by atoms with E-state index in [9.17, 15) is 13.2 Å². The quantitative estimate of drug-likeness (QED) is 0.439. The second kappa shape index (κ2) is 9.78. The van der Waals surface area contributed by atoms with Crippen LogP contribution in [0.25, 0.3) is 0 Å². The van der Waals surface area contributed by atoms with Gasteiger partial charge in [-0.15, -0.1) is 0 Å². The molecular formula is C18H27F3N4O. The van der Waals surface area contributed by atoms with E-state index < -0.39 is 11.7 Å². The van der Waals surface area contributed by atoms with Gasteiger partial charge in [0.05, 0.1) is 12.2 Å². The summed E-state index contributed by atoms with van der Waals surface area (Å²) < 4.78 is 43.1. The van der Waals surface area contributed by atoms with Gasteiger partial charge in [0.1, 0.15) is 0 Å². The Morgan fingerprint density at radius 1 is 1.31 bits per heavy atom. The topological polar surface area (TPSA) is 48.9 Å². The maximum atomic E-state index is 12.6. The Kier molecular flexibility index (Phi) is 7.71. The van der Waals surface area contributed by atoms with E-state index in [1.807, 2.05) is 6.92 Å². The van der Waals surface area contributed by atoms with Crippen LogP contribution in [-0.2, 0) is 17.5 Å². The normalized spacial score (nSPS) is 19.0. The van der Waals surface area contributed by atoms with Crippen molar-refractivity contribution in [3.8, 4) is 0 Å². The molecule has 0 spiro atoms. The molecule has 26 heavy (non-hydrogen) atoms. The summed E-state index contributed by atoms with van der Waals surface area (Å²) in [5.41, 5.74) is 0.280. The first-order valence-electron chi connectivity index (χ1n) is 8.85. The summed E-state index contributed by atoms with van der Waals surface area (Å²) in [7, 11) is 1.73. The van der Waals surface area contributed by atoms with Gasteiger partial charge < -0.3 is 15.4 Å². The van der Waals surface area contributed by atoms with Crippen molar-refractivity contribution in [3.05, 3.63) is 35.4 Å². The predicted octanol–water partition coefficient (Wildman–Crippen LogP) is 2.48. The average molecular weight is 372 g/mol. The van der Waals surface area contributed by atoms with Crippen LogP contribution < -0.4 is 10.6 Å². The van der Waals surface area contributed by atoms with Crippen LogP contribution in [0.1, 0.15) is 24.5 Å². The molecule has 0 saturated carbocycles. The number of alkyl halides is 3. The van der Waals surface area contributed by atoms with Gasteiger partial charge in [-0.05, 0) is 31.0 Å². The summed E-state index contributed by atoms with van der Waals surface area (Å²) in [4.78, 5) is 6.43. The van der Waals surface area contributed by atoms with Crippen molar-refractivity contribution in [2.75, 3.05) is 39.9 Å². The molecule has 1 aromatic rings. The summed E-state index contributed by atoms with van der Waals surface area (Å²) in [5, 5.41) is 6.59. The molecule has 1 saturated heterocycles. The third-order valence-corrected chi connectivity index (χ3v) is 4.27. The third-order valence-electron chi connectivity index (χ3n) is 4.27. The lowest BCUT2D eigenvalue weighted by atomic mass is 10.1. The number of halogens is 3. The highest BCUT2D eigenvalue weighted by atomic mass is 19.4. The number of likely N-dealkylation sites (tertiary alicyclic amines) is 1. The van der Waals surface area contributed by atoms with E-state index in [2.05, 4.69) is 20.5 Å². The first-order valence-corrected chi connectivity index (χ1v) is 8.85. The minimum atomic E-state index is -4.29. The van der Waals surface area contributed by atoms with Gasteiger partial charge in [-0.2, -0.15) is 13.2 Å². The van der Waals surface area contributed by atoms with Crippen LogP contribution in [0.4, 0.5) is 13.2 Å². The van der Waals surface area contributed by atoms with Crippen LogP contribution in [0.2, 0.25) is 0 Å². The lowest BCUT2D eigenvalue weighted by Crippen LogP contribution is -2.45. The number of ether oxygens (including phenoxy) is 1. The van der Waals surface area contributed by atoms with E-state index in [1.54, 1.807) is 19.2 Å². The molecule has 0 amide bonds. The summed E-state index contributed by atoms with van der Waals surface area (Å²) >= 11 is 0. The van der Waals surface area contributed by atoms with Gasteiger partial charge in [-0.1, -0.05) is 12.1 Å². The van der Waals surface area contributed by atoms with E-state index >= 15 is 0 Å². The molecule has 1 unspecified atom stereocenters. The summed E-state index contributed by atoms with van der Waals surface area (Å²) in [5.74, 6) is 0.742. The number of guanidine groups is 1. The monoisotopic (exact) mass is 372 g/mol. The molecule has 8 heteroatoms. The van der Waals surface area contributed by atoms with Gasteiger partial charge in [0.2, 0.25) is 0 Å². The van der Waals surface area contributed by atoms with Crippen molar-refractivity contribution in [1.29, 1.82) is 0 Å². The Labute approximate surface area is 152 Å². The van der Waals surface area contributed by atoms with E-state index in [-0.39, 0.29) is 6.04 Å². The number of rotatable bonds is 7. The molecule has 1 aliphatic rings. The molecule has 2 rings (SSSR count). The Bertz CT molecular complexity index is 575. The number of aliphatic imine (C=N–C) groups is 1. The van der Waals surface area contributed by atoms with Crippen LogP contribution >= 0.6 is 0 Å². The molecule has 146 valence electrons. The van der Waals surface area contributed by atoms with Crippen molar-refractivity contribution >= 4 is 5.96 Å². The van der Waals surface area contributed by atoms with Crippen LogP contribution in [0, 0.1) is 0 Å². The maximum Gasteiger partial charge on any atom is 0.416 e. The number of nitrogens with one attached hydrogen (secondary N) is 2. The molecule has 1 heterocycles. The molecule has 1 fully saturated rings. The van der Waals surface area contributed by atoms with E-state index in [4.69, 9.17) is 4.74 Å². The van der Waals surface area contributed by atoms with Crippen LogP contribution in [0.3, 0.4) is 0 Å². The Morgan fingerprint density at radius 2 is 2.04 bits per heavy atom. The second-order valence-electron chi connectivity index (χ2n) is 6.26. The van der Waals surface area contributed by atoms with Crippen LogP contribution in [0.5, 0.6) is 0 Å². The standard InChI is InChI=1S/C18H27F3N4O/c1-3-26-11-9-23-17(22-2)24-16-8-10-25(13-16)12-14-4-6-15(7-5-14)18(19,20)21/h4-7,16H,3,8-13H2,1-2H3,(H2,22,23,24). The molecule has 2 N–H and O–H groups in total. The smallest absolute Gasteiger partial charge is 0.380 e. The Balaban J connectivity index is 1.77. The molecule has 1 aromatic carbocycles. The highest BCUT2D eigenvalue weighted by molar-refractivity contribution is 5.80. The minimum absolute atomic E-state index is 0.266. The maximum absolute atomic E-state index is 12.6. The molecule has 0 aliphatic carbocycles. The number of nitrogens with zero attached hydrogens (tertiary/aromatic N) is 2. The van der Waals surface area contributed by atoms with Gasteiger partial charge in [0.25, 0.3) is 0 Å². The van der Waals surface area contributed by atoms with E-state index in [1.165, 1.54) is 0 Å². The average Bonchev–Trinajstić information content (AvgIpc) is 3.04. The van der Waals surface area contributed by atoms with Gasteiger partial charge >= 0.3 is 6.18 Å². The molecule has 5 nitrogen and oxygen atoms in total. The summed E-state index contributed by atoms with van der Waals surface area (Å²) in [6.45, 7) is 6.33. The largest absolute Gasteiger partial charge is 0.416 e. The fourth-order valence-corrected chi connectivity index (χ4v) is 2.93. The fourth-order valence-electron chi connectivity index (χ4n) is 2.93. The van der Waals surface area contributed by atoms with Crippen molar-refractivity contribution in [1.82, 2.24) is 15.5 Å². The SMILES string of the molecule is CCOCCNC(=NC)NC1CCN(Cc2ccc(C(F)(F)F)cc2)C1. The van der Waals surface area contributed by atoms with Crippen molar-refractivity contribution in [2.24, 2.45) is 4.99 Å². The summed E-state index contributed by atoms with van der Waals surface area (Å²) in [6.07, 6.45) is -3.32. The zero-order chi connectivity index (χ0) is 19.0.